The lowest BCUT2D eigenvalue weighted by atomic mass is 10.1. The van der Waals surface area contributed by atoms with Crippen molar-refractivity contribution < 1.29 is 4.74 Å². The monoisotopic (exact) mass is 177 g/mol. The molecule has 0 saturated carbocycles. The summed E-state index contributed by atoms with van der Waals surface area (Å²) < 4.78 is 5.40. The van der Waals surface area contributed by atoms with Crippen molar-refractivity contribution in [3.8, 4) is 0 Å². The van der Waals surface area contributed by atoms with E-state index >= 15 is 0 Å². The van der Waals surface area contributed by atoms with Crippen molar-refractivity contribution in [2.24, 2.45) is 0 Å². The first-order chi connectivity index (χ1) is 6.36. The van der Waals surface area contributed by atoms with Gasteiger partial charge in [0.1, 0.15) is 0 Å². The smallest absolute Gasteiger partial charge is 0.0662 e. The molecule has 0 radical (unpaired) electrons. The number of hydrogen-bond acceptors (Lipinski definition) is 2. The fraction of sp³-hybridized carbons (Fsp3) is 0.455. The summed E-state index contributed by atoms with van der Waals surface area (Å²) in [7, 11) is 0. The molecule has 70 valence electrons. The van der Waals surface area contributed by atoms with Crippen LogP contribution in [0, 0.1) is 6.92 Å². The maximum absolute atomic E-state index is 5.40. The van der Waals surface area contributed by atoms with E-state index in [1.165, 1.54) is 11.1 Å². The van der Waals surface area contributed by atoms with Crippen molar-refractivity contribution in [2.75, 3.05) is 19.8 Å². The largest absolute Gasteiger partial charge is 0.378 e. The van der Waals surface area contributed by atoms with Crippen LogP contribution in [0.1, 0.15) is 17.2 Å². The second-order valence-electron chi connectivity index (χ2n) is 3.49. The Morgan fingerprint density at radius 1 is 1.31 bits per heavy atom. The van der Waals surface area contributed by atoms with Gasteiger partial charge in [-0.15, -0.1) is 0 Å². The third-order valence-corrected chi connectivity index (χ3v) is 2.40. The summed E-state index contributed by atoms with van der Waals surface area (Å²) in [6, 6.07) is 9.01. The van der Waals surface area contributed by atoms with Crippen LogP contribution < -0.4 is 5.32 Å². The van der Waals surface area contributed by atoms with Crippen LogP contribution in [0.2, 0.25) is 0 Å². The lowest BCUT2D eigenvalue weighted by molar-refractivity contribution is 0.0769. The van der Waals surface area contributed by atoms with Gasteiger partial charge in [0.25, 0.3) is 0 Å². The van der Waals surface area contributed by atoms with Gasteiger partial charge in [0, 0.05) is 6.54 Å². The summed E-state index contributed by atoms with van der Waals surface area (Å²) in [5, 5.41) is 3.43. The molecule has 0 unspecified atom stereocenters. The van der Waals surface area contributed by atoms with Gasteiger partial charge in [-0.05, 0) is 12.5 Å². The lowest BCUT2D eigenvalue weighted by Gasteiger charge is -2.24. The molecule has 13 heavy (non-hydrogen) atoms. The minimum atomic E-state index is 0.384. The molecule has 0 spiro atoms. The number of morpholine rings is 1. The highest BCUT2D eigenvalue weighted by Crippen LogP contribution is 2.15. The van der Waals surface area contributed by atoms with E-state index in [1.807, 2.05) is 0 Å². The number of ether oxygens (including phenoxy) is 1. The Morgan fingerprint density at radius 3 is 2.69 bits per heavy atom. The zero-order chi connectivity index (χ0) is 9.10. The topological polar surface area (TPSA) is 21.3 Å². The Morgan fingerprint density at radius 2 is 2.08 bits per heavy atom. The molecule has 1 aromatic carbocycles. The number of nitrogens with one attached hydrogen (secondary N) is 1. The summed E-state index contributed by atoms with van der Waals surface area (Å²) in [5.41, 5.74) is 2.63. The first-order valence-electron chi connectivity index (χ1n) is 4.74. The van der Waals surface area contributed by atoms with E-state index in [9.17, 15) is 0 Å². The predicted molar refractivity (Wildman–Crippen MR) is 52.7 cm³/mol. The molecule has 1 aliphatic heterocycles. The maximum Gasteiger partial charge on any atom is 0.0662 e. The van der Waals surface area contributed by atoms with Crippen molar-refractivity contribution >= 4 is 0 Å². The van der Waals surface area contributed by atoms with Gasteiger partial charge in [-0.3, -0.25) is 0 Å². The number of rotatable bonds is 1. The second-order valence-corrected chi connectivity index (χ2v) is 3.49. The molecule has 1 N–H and O–H groups in total. The van der Waals surface area contributed by atoms with Crippen LogP contribution in [0.3, 0.4) is 0 Å². The molecule has 0 aliphatic carbocycles. The van der Waals surface area contributed by atoms with E-state index in [0.717, 1.165) is 19.8 Å². The summed E-state index contributed by atoms with van der Waals surface area (Å²) in [4.78, 5) is 0. The van der Waals surface area contributed by atoms with E-state index in [-0.39, 0.29) is 0 Å². The Balaban J connectivity index is 2.10. The van der Waals surface area contributed by atoms with Crippen molar-refractivity contribution in [1.29, 1.82) is 0 Å². The first-order valence-corrected chi connectivity index (χ1v) is 4.74. The molecular weight excluding hydrogens is 162 g/mol. The zero-order valence-electron chi connectivity index (χ0n) is 7.92. The highest BCUT2D eigenvalue weighted by atomic mass is 16.5. The Hall–Kier alpha value is -0.860. The van der Waals surface area contributed by atoms with Gasteiger partial charge in [0.2, 0.25) is 0 Å². The van der Waals surface area contributed by atoms with Crippen molar-refractivity contribution in [3.63, 3.8) is 0 Å². The van der Waals surface area contributed by atoms with Crippen LogP contribution >= 0.6 is 0 Å². The summed E-state index contributed by atoms with van der Waals surface area (Å²) in [5.74, 6) is 0. The van der Waals surface area contributed by atoms with E-state index in [4.69, 9.17) is 4.74 Å². The Labute approximate surface area is 78.9 Å². The van der Waals surface area contributed by atoms with Gasteiger partial charge < -0.3 is 10.1 Å². The molecule has 1 atom stereocenters. The number of hydrogen-bond donors (Lipinski definition) is 1. The van der Waals surface area contributed by atoms with Gasteiger partial charge in [-0.2, -0.15) is 0 Å². The summed E-state index contributed by atoms with van der Waals surface area (Å²) in [6.07, 6.45) is 0. The van der Waals surface area contributed by atoms with Crippen LogP contribution in [0.4, 0.5) is 0 Å². The highest BCUT2D eigenvalue weighted by molar-refractivity contribution is 5.24. The average molecular weight is 177 g/mol. The average Bonchev–Trinajstić information content (AvgIpc) is 2.20. The van der Waals surface area contributed by atoms with E-state index in [1.54, 1.807) is 0 Å². The lowest BCUT2D eigenvalue weighted by Crippen LogP contribution is -2.34. The van der Waals surface area contributed by atoms with Crippen LogP contribution in [0.5, 0.6) is 0 Å². The molecular formula is C11H15NO. The molecule has 0 amide bonds. The molecule has 2 nitrogen and oxygen atoms in total. The van der Waals surface area contributed by atoms with Gasteiger partial charge in [0.15, 0.2) is 0 Å². The SMILES string of the molecule is Cc1ccc([C@H]2COCCN2)cc1. The first kappa shape index (κ1) is 8.73. The normalized spacial score (nSPS) is 23.0. The van der Waals surface area contributed by atoms with Crippen molar-refractivity contribution in [2.45, 2.75) is 13.0 Å². The Bertz CT molecular complexity index is 262. The quantitative estimate of drug-likeness (QED) is 0.704. The van der Waals surface area contributed by atoms with Gasteiger partial charge in [-0.1, -0.05) is 29.8 Å². The summed E-state index contributed by atoms with van der Waals surface area (Å²) >= 11 is 0. The third-order valence-electron chi connectivity index (χ3n) is 2.40. The summed E-state index contributed by atoms with van der Waals surface area (Å²) in [6.45, 7) is 4.69. The number of aryl methyl sites for hydroxylation is 1. The molecule has 1 heterocycles. The van der Waals surface area contributed by atoms with Gasteiger partial charge in [0.05, 0.1) is 19.3 Å². The maximum atomic E-state index is 5.40. The van der Waals surface area contributed by atoms with Crippen molar-refractivity contribution in [1.82, 2.24) is 5.32 Å². The van der Waals surface area contributed by atoms with Crippen LogP contribution in [-0.4, -0.2) is 19.8 Å². The standard InChI is InChI=1S/C11H15NO/c1-9-2-4-10(5-3-9)11-8-13-7-6-12-11/h2-5,11-12H,6-8H2,1H3/t11-/m1/s1. The fourth-order valence-corrected chi connectivity index (χ4v) is 1.58. The van der Waals surface area contributed by atoms with E-state index in [2.05, 4.69) is 36.5 Å². The highest BCUT2D eigenvalue weighted by Gasteiger charge is 2.14. The van der Waals surface area contributed by atoms with Crippen LogP contribution in [-0.2, 0) is 4.74 Å². The fourth-order valence-electron chi connectivity index (χ4n) is 1.58. The molecule has 1 aliphatic rings. The van der Waals surface area contributed by atoms with E-state index in [0.29, 0.717) is 6.04 Å². The molecule has 2 rings (SSSR count). The van der Waals surface area contributed by atoms with Gasteiger partial charge in [-0.25, -0.2) is 0 Å². The second kappa shape index (κ2) is 3.90. The third kappa shape index (κ3) is 2.08. The van der Waals surface area contributed by atoms with Crippen LogP contribution in [0.25, 0.3) is 0 Å². The molecule has 2 heteroatoms. The Kier molecular flexibility index (Phi) is 2.62. The molecule has 1 saturated heterocycles. The molecule has 0 aromatic heterocycles. The molecule has 0 bridgehead atoms. The molecule has 1 fully saturated rings. The number of benzene rings is 1. The van der Waals surface area contributed by atoms with Gasteiger partial charge >= 0.3 is 0 Å². The van der Waals surface area contributed by atoms with Crippen LogP contribution in [0.15, 0.2) is 24.3 Å². The predicted octanol–water partition coefficient (Wildman–Crippen LogP) is 1.66. The minimum absolute atomic E-state index is 0.384. The van der Waals surface area contributed by atoms with Crippen molar-refractivity contribution in [3.05, 3.63) is 35.4 Å². The molecule has 1 aromatic rings. The minimum Gasteiger partial charge on any atom is -0.378 e. The zero-order valence-corrected chi connectivity index (χ0v) is 7.92. The van der Waals surface area contributed by atoms with E-state index < -0.39 is 0 Å².